The van der Waals surface area contributed by atoms with E-state index in [1.165, 1.54) is 0 Å². The van der Waals surface area contributed by atoms with Crippen molar-refractivity contribution in [1.29, 1.82) is 0 Å². The highest BCUT2D eigenvalue weighted by atomic mass is 16.5. The number of amides is 1. The summed E-state index contributed by atoms with van der Waals surface area (Å²) in [5.74, 6) is 0.776. The molecular weight excluding hydrogens is 294 g/mol. The van der Waals surface area contributed by atoms with Crippen LogP contribution in [0.4, 0.5) is 0 Å². The molecule has 1 aliphatic rings. The van der Waals surface area contributed by atoms with Gasteiger partial charge in [0.2, 0.25) is 5.91 Å². The summed E-state index contributed by atoms with van der Waals surface area (Å²) in [6.45, 7) is 5.65. The highest BCUT2D eigenvalue weighted by molar-refractivity contribution is 5.81. The Morgan fingerprint density at radius 3 is 3.09 bits per heavy atom. The molecule has 2 N–H and O–H groups in total. The molecule has 0 unspecified atom stereocenters. The smallest absolute Gasteiger partial charge is 0.237 e. The molecule has 6 heteroatoms. The summed E-state index contributed by atoms with van der Waals surface area (Å²) >= 11 is 0. The minimum atomic E-state index is -0.253. The van der Waals surface area contributed by atoms with Gasteiger partial charge in [-0.05, 0) is 31.7 Å². The minimum absolute atomic E-state index is 0.0167. The fraction of sp³-hybridized carbons (Fsp3) is 0.588. The van der Waals surface area contributed by atoms with Crippen molar-refractivity contribution >= 4 is 5.91 Å². The number of hydrogen-bond donors (Lipinski definition) is 2. The van der Waals surface area contributed by atoms with E-state index < -0.39 is 0 Å². The molecule has 2 atom stereocenters. The number of hydrogen-bond acceptors (Lipinski definition) is 5. The van der Waals surface area contributed by atoms with E-state index >= 15 is 0 Å². The molecule has 0 aromatic heterocycles. The van der Waals surface area contributed by atoms with Crippen LogP contribution in [0, 0.1) is 0 Å². The van der Waals surface area contributed by atoms with Gasteiger partial charge >= 0.3 is 0 Å². The number of nitrogens with one attached hydrogen (secondary N) is 2. The Kier molecular flexibility index (Phi) is 6.83. The quantitative estimate of drug-likeness (QED) is 0.771. The second-order valence-electron chi connectivity index (χ2n) is 5.95. The van der Waals surface area contributed by atoms with E-state index in [-0.39, 0.29) is 18.1 Å². The van der Waals surface area contributed by atoms with Gasteiger partial charge in [-0.3, -0.25) is 4.79 Å². The van der Waals surface area contributed by atoms with E-state index in [2.05, 4.69) is 22.6 Å². The van der Waals surface area contributed by atoms with Crippen molar-refractivity contribution in [2.45, 2.75) is 25.6 Å². The van der Waals surface area contributed by atoms with Gasteiger partial charge in [0.05, 0.1) is 25.9 Å². The molecule has 2 rings (SSSR count). The van der Waals surface area contributed by atoms with Crippen molar-refractivity contribution in [2.75, 3.05) is 40.4 Å². The van der Waals surface area contributed by atoms with Gasteiger partial charge < -0.3 is 25.0 Å². The van der Waals surface area contributed by atoms with Gasteiger partial charge in [0, 0.05) is 26.2 Å². The number of likely N-dealkylation sites (N-methyl/N-ethyl adjacent to an activating group) is 1. The number of nitrogens with zero attached hydrogens (tertiary/aromatic N) is 1. The summed E-state index contributed by atoms with van der Waals surface area (Å²) in [6.07, 6.45) is 0.141. The number of rotatable bonds is 7. The second kappa shape index (κ2) is 8.86. The molecule has 0 saturated carbocycles. The number of benzene rings is 1. The SMILES string of the molecule is COc1cccc(CNC(=O)[C@@H](C)NC[C@@H]2CN(C)CCO2)c1. The zero-order valence-corrected chi connectivity index (χ0v) is 14.2. The predicted molar refractivity (Wildman–Crippen MR) is 89.5 cm³/mol. The van der Waals surface area contributed by atoms with Crippen LogP contribution < -0.4 is 15.4 Å². The summed E-state index contributed by atoms with van der Waals surface area (Å²) in [5, 5.41) is 6.18. The third-order valence-corrected chi connectivity index (χ3v) is 3.99. The van der Waals surface area contributed by atoms with Gasteiger partial charge in [-0.2, -0.15) is 0 Å². The molecule has 0 bridgehead atoms. The van der Waals surface area contributed by atoms with Crippen LogP contribution in [0.5, 0.6) is 5.75 Å². The molecule has 0 radical (unpaired) electrons. The fourth-order valence-electron chi connectivity index (χ4n) is 2.52. The van der Waals surface area contributed by atoms with Gasteiger partial charge in [-0.15, -0.1) is 0 Å². The Hall–Kier alpha value is -1.63. The average Bonchev–Trinajstić information content (AvgIpc) is 2.57. The first-order chi connectivity index (χ1) is 11.1. The van der Waals surface area contributed by atoms with Crippen LogP contribution in [-0.4, -0.2) is 63.4 Å². The Labute approximate surface area is 138 Å². The standard InChI is InChI=1S/C17H27N3O3/c1-13(18-11-16-12-20(2)7-8-23-16)17(21)19-10-14-5-4-6-15(9-14)22-3/h4-6,9,13,16,18H,7-8,10-12H2,1-3H3,(H,19,21)/t13-,16-/m1/s1. The third-order valence-electron chi connectivity index (χ3n) is 3.99. The first kappa shape index (κ1) is 17.7. The Balaban J connectivity index is 1.71. The zero-order valence-electron chi connectivity index (χ0n) is 14.2. The molecule has 1 amide bonds. The van der Waals surface area contributed by atoms with Gasteiger partial charge in [-0.1, -0.05) is 12.1 Å². The van der Waals surface area contributed by atoms with Crippen LogP contribution in [0.25, 0.3) is 0 Å². The van der Waals surface area contributed by atoms with E-state index in [9.17, 15) is 4.79 Å². The summed E-state index contributed by atoms with van der Waals surface area (Å²) in [4.78, 5) is 14.4. The maximum absolute atomic E-state index is 12.2. The molecule has 128 valence electrons. The molecule has 23 heavy (non-hydrogen) atoms. The predicted octanol–water partition coefficient (Wildman–Crippen LogP) is 0.620. The van der Waals surface area contributed by atoms with Crippen molar-refractivity contribution in [3.8, 4) is 5.75 Å². The van der Waals surface area contributed by atoms with Gasteiger partial charge in [0.15, 0.2) is 0 Å². The molecule has 1 heterocycles. The van der Waals surface area contributed by atoms with E-state index in [4.69, 9.17) is 9.47 Å². The van der Waals surface area contributed by atoms with Crippen molar-refractivity contribution < 1.29 is 14.3 Å². The first-order valence-electron chi connectivity index (χ1n) is 8.02. The minimum Gasteiger partial charge on any atom is -0.497 e. The number of carbonyl (C=O) groups excluding carboxylic acids is 1. The Morgan fingerprint density at radius 1 is 1.52 bits per heavy atom. The summed E-state index contributed by atoms with van der Waals surface area (Å²) in [7, 11) is 3.72. The molecule has 1 aromatic rings. The van der Waals surface area contributed by atoms with Gasteiger partial charge in [-0.25, -0.2) is 0 Å². The van der Waals surface area contributed by atoms with E-state index in [1.807, 2.05) is 31.2 Å². The lowest BCUT2D eigenvalue weighted by Crippen LogP contribution is -2.49. The normalized spacial score (nSPS) is 20.0. The molecule has 0 spiro atoms. The Bertz CT molecular complexity index is 510. The lowest BCUT2D eigenvalue weighted by atomic mass is 10.2. The van der Waals surface area contributed by atoms with Crippen LogP contribution >= 0.6 is 0 Å². The van der Waals surface area contributed by atoms with Crippen molar-refractivity contribution in [3.05, 3.63) is 29.8 Å². The van der Waals surface area contributed by atoms with Crippen LogP contribution in [0.2, 0.25) is 0 Å². The second-order valence-corrected chi connectivity index (χ2v) is 5.95. The number of methoxy groups -OCH3 is 1. The molecule has 1 fully saturated rings. The molecule has 0 aliphatic carbocycles. The molecule has 1 saturated heterocycles. The first-order valence-corrected chi connectivity index (χ1v) is 8.02. The monoisotopic (exact) mass is 321 g/mol. The highest BCUT2D eigenvalue weighted by Gasteiger charge is 2.19. The number of morpholine rings is 1. The lowest BCUT2D eigenvalue weighted by Gasteiger charge is -2.30. The third kappa shape index (κ3) is 5.82. The van der Waals surface area contributed by atoms with Crippen molar-refractivity contribution in [2.24, 2.45) is 0 Å². The highest BCUT2D eigenvalue weighted by Crippen LogP contribution is 2.12. The van der Waals surface area contributed by atoms with Crippen LogP contribution in [0.15, 0.2) is 24.3 Å². The largest absolute Gasteiger partial charge is 0.497 e. The molecule has 1 aromatic carbocycles. The maximum atomic E-state index is 12.2. The van der Waals surface area contributed by atoms with Crippen LogP contribution in [-0.2, 0) is 16.1 Å². The summed E-state index contributed by atoms with van der Waals surface area (Å²) in [5.41, 5.74) is 1.02. The van der Waals surface area contributed by atoms with Crippen LogP contribution in [0.1, 0.15) is 12.5 Å². The van der Waals surface area contributed by atoms with E-state index in [1.54, 1.807) is 7.11 Å². The average molecular weight is 321 g/mol. The Morgan fingerprint density at radius 2 is 2.35 bits per heavy atom. The van der Waals surface area contributed by atoms with Gasteiger partial charge in [0.25, 0.3) is 0 Å². The molecular formula is C17H27N3O3. The fourth-order valence-corrected chi connectivity index (χ4v) is 2.52. The van der Waals surface area contributed by atoms with Crippen LogP contribution in [0.3, 0.4) is 0 Å². The zero-order chi connectivity index (χ0) is 16.7. The number of ether oxygens (including phenoxy) is 2. The molecule has 6 nitrogen and oxygen atoms in total. The number of carbonyl (C=O) groups is 1. The van der Waals surface area contributed by atoms with Crippen molar-refractivity contribution in [3.63, 3.8) is 0 Å². The van der Waals surface area contributed by atoms with E-state index in [0.29, 0.717) is 13.1 Å². The summed E-state index contributed by atoms with van der Waals surface area (Å²) < 4.78 is 10.9. The van der Waals surface area contributed by atoms with E-state index in [0.717, 1.165) is 31.0 Å². The topological polar surface area (TPSA) is 62.8 Å². The molecule has 1 aliphatic heterocycles. The lowest BCUT2D eigenvalue weighted by molar-refractivity contribution is -0.123. The van der Waals surface area contributed by atoms with Gasteiger partial charge in [0.1, 0.15) is 5.75 Å². The summed E-state index contributed by atoms with van der Waals surface area (Å²) in [6, 6.07) is 7.43. The van der Waals surface area contributed by atoms with Crippen molar-refractivity contribution in [1.82, 2.24) is 15.5 Å². The maximum Gasteiger partial charge on any atom is 0.237 e.